The van der Waals surface area contributed by atoms with E-state index in [1.54, 1.807) is 13.8 Å². The molecule has 112 valence electrons. The van der Waals surface area contributed by atoms with Gasteiger partial charge in [0.15, 0.2) is 5.92 Å². The Morgan fingerprint density at radius 3 is 1.50 bits per heavy atom. The zero-order valence-electron chi connectivity index (χ0n) is 11.8. The molecule has 0 heterocycles. The van der Waals surface area contributed by atoms with Crippen molar-refractivity contribution >= 4 is 11.9 Å². The molecule has 20 heavy (non-hydrogen) atoms. The number of carbonyl (C=O) groups excluding carboxylic acids is 2. The largest absolute Gasteiger partial charge is 0.508 e. The lowest BCUT2D eigenvalue weighted by atomic mass is 10.2. The molecule has 0 saturated heterocycles. The first-order valence-electron chi connectivity index (χ1n) is 6.23. The third-order valence-electron chi connectivity index (χ3n) is 2.13. The molecule has 0 aliphatic rings. The van der Waals surface area contributed by atoms with Gasteiger partial charge in [-0.15, -0.1) is 0 Å². The molecule has 0 unspecified atom stereocenters. The van der Waals surface area contributed by atoms with E-state index in [2.05, 4.69) is 9.47 Å². The van der Waals surface area contributed by atoms with Crippen LogP contribution < -0.4 is 0 Å². The summed E-state index contributed by atoms with van der Waals surface area (Å²) in [7, 11) is 0. The van der Waals surface area contributed by atoms with E-state index in [4.69, 9.17) is 10.2 Å². The van der Waals surface area contributed by atoms with Gasteiger partial charge in [-0.2, -0.15) is 0 Å². The molecule has 6 heteroatoms. The van der Waals surface area contributed by atoms with E-state index in [1.807, 2.05) is 0 Å². The monoisotopic (exact) mass is 284 g/mol. The highest BCUT2D eigenvalue weighted by molar-refractivity contribution is 5.94. The molecule has 1 rings (SSSR count). The van der Waals surface area contributed by atoms with Gasteiger partial charge in [0.2, 0.25) is 0 Å². The first-order valence-corrected chi connectivity index (χ1v) is 6.23. The number of ether oxygens (including phenoxy) is 2. The summed E-state index contributed by atoms with van der Waals surface area (Å²) < 4.78 is 9.26. The quantitative estimate of drug-likeness (QED) is 0.498. The summed E-state index contributed by atoms with van der Waals surface area (Å²) >= 11 is 0. The summed E-state index contributed by atoms with van der Waals surface area (Å²) in [5, 5.41) is 17.3. The van der Waals surface area contributed by atoms with Gasteiger partial charge in [0.05, 0.1) is 13.2 Å². The van der Waals surface area contributed by atoms with Gasteiger partial charge in [0.1, 0.15) is 11.5 Å². The van der Waals surface area contributed by atoms with E-state index in [0.29, 0.717) is 0 Å². The summed E-state index contributed by atoms with van der Waals surface area (Å²) in [6, 6.07) is 5.70. The Bertz CT molecular complexity index is 373. The van der Waals surface area contributed by atoms with Gasteiger partial charge in [-0.25, -0.2) is 0 Å². The molecule has 1 aromatic rings. The summed E-state index contributed by atoms with van der Waals surface area (Å²) in [6.45, 7) is 5.41. The maximum atomic E-state index is 10.9. The van der Waals surface area contributed by atoms with Crippen LogP contribution in [0.5, 0.6) is 11.5 Å². The minimum atomic E-state index is -0.815. The number of hydrogen-bond donors (Lipinski definition) is 2. The molecule has 0 bridgehead atoms. The first-order chi connectivity index (χ1) is 9.42. The summed E-state index contributed by atoms with van der Waals surface area (Å²) in [4.78, 5) is 21.9. The number of rotatable bonds is 4. The summed E-state index contributed by atoms with van der Waals surface area (Å²) in [5.74, 6) is -1.54. The van der Waals surface area contributed by atoms with Crippen molar-refractivity contribution in [2.45, 2.75) is 20.8 Å². The van der Waals surface area contributed by atoms with Crippen molar-refractivity contribution in [2.75, 3.05) is 13.2 Å². The molecule has 0 aromatic heterocycles. The molecule has 0 spiro atoms. The van der Waals surface area contributed by atoms with Crippen LogP contribution >= 0.6 is 0 Å². The topological polar surface area (TPSA) is 93.1 Å². The molecule has 0 aliphatic carbocycles. The number of benzene rings is 1. The van der Waals surface area contributed by atoms with Crippen LogP contribution in [0.25, 0.3) is 0 Å². The third kappa shape index (κ3) is 7.25. The van der Waals surface area contributed by atoms with Crippen molar-refractivity contribution in [3.8, 4) is 11.5 Å². The lowest BCUT2D eigenvalue weighted by molar-refractivity contribution is -0.160. The van der Waals surface area contributed by atoms with Crippen molar-refractivity contribution in [3.05, 3.63) is 24.3 Å². The van der Waals surface area contributed by atoms with Crippen LogP contribution in [0.1, 0.15) is 20.8 Å². The highest BCUT2D eigenvalue weighted by Crippen LogP contribution is 2.13. The molecule has 0 radical (unpaired) electrons. The maximum absolute atomic E-state index is 10.9. The smallest absolute Gasteiger partial charge is 0.320 e. The molecule has 0 saturated carbocycles. The lowest BCUT2D eigenvalue weighted by Gasteiger charge is -2.08. The minimum absolute atomic E-state index is 0.169. The van der Waals surface area contributed by atoms with Crippen molar-refractivity contribution in [3.63, 3.8) is 0 Å². The first kappa shape index (κ1) is 17.8. The maximum Gasteiger partial charge on any atom is 0.320 e. The van der Waals surface area contributed by atoms with Crippen molar-refractivity contribution in [1.29, 1.82) is 0 Å². The molecule has 6 nitrogen and oxygen atoms in total. The predicted molar refractivity (Wildman–Crippen MR) is 72.2 cm³/mol. The second kappa shape index (κ2) is 9.66. The van der Waals surface area contributed by atoms with Crippen LogP contribution in [-0.4, -0.2) is 35.4 Å². The van der Waals surface area contributed by atoms with Gasteiger partial charge < -0.3 is 19.7 Å². The number of phenols is 2. The molecule has 2 N–H and O–H groups in total. The Hall–Kier alpha value is -2.24. The fraction of sp³-hybridized carbons (Fsp3) is 0.429. The Morgan fingerprint density at radius 1 is 0.950 bits per heavy atom. The zero-order chi connectivity index (χ0) is 15.5. The minimum Gasteiger partial charge on any atom is -0.508 e. The van der Waals surface area contributed by atoms with Crippen LogP contribution in [0.2, 0.25) is 0 Å². The molecule has 0 amide bonds. The number of phenolic OH excluding ortho intramolecular Hbond substituents is 2. The zero-order valence-corrected chi connectivity index (χ0v) is 11.8. The average molecular weight is 284 g/mol. The van der Waals surface area contributed by atoms with Crippen LogP contribution in [0.4, 0.5) is 0 Å². The normalized spacial score (nSPS) is 9.40. The molecule has 1 aromatic carbocycles. The highest BCUT2D eigenvalue weighted by Gasteiger charge is 2.23. The van der Waals surface area contributed by atoms with Gasteiger partial charge in [-0.1, -0.05) is 0 Å². The number of aromatic hydroxyl groups is 2. The van der Waals surface area contributed by atoms with Crippen molar-refractivity contribution in [1.82, 2.24) is 0 Å². The fourth-order valence-electron chi connectivity index (χ4n) is 1.08. The second-order valence-electron chi connectivity index (χ2n) is 3.74. The SMILES string of the molecule is CCOC(=O)C(C)C(=O)OCC.Oc1ccc(O)cc1. The van der Waals surface area contributed by atoms with Crippen molar-refractivity contribution in [2.24, 2.45) is 5.92 Å². The van der Waals surface area contributed by atoms with Gasteiger partial charge in [0, 0.05) is 0 Å². The van der Waals surface area contributed by atoms with Gasteiger partial charge >= 0.3 is 11.9 Å². The predicted octanol–water partition coefficient (Wildman–Crippen LogP) is 1.85. The van der Waals surface area contributed by atoms with Crippen molar-refractivity contribution < 1.29 is 29.3 Å². The molecular weight excluding hydrogens is 264 g/mol. The van der Waals surface area contributed by atoms with Crippen LogP contribution in [0.3, 0.4) is 0 Å². The Balaban J connectivity index is 0.000000388. The Labute approximate surface area is 117 Å². The Kier molecular flexibility index (Phi) is 8.58. The molecule has 0 fully saturated rings. The summed E-state index contributed by atoms with van der Waals surface area (Å²) in [5.41, 5.74) is 0. The van der Waals surface area contributed by atoms with Crippen LogP contribution in [0.15, 0.2) is 24.3 Å². The van der Waals surface area contributed by atoms with Crippen LogP contribution in [-0.2, 0) is 19.1 Å². The lowest BCUT2D eigenvalue weighted by Crippen LogP contribution is -2.25. The fourth-order valence-corrected chi connectivity index (χ4v) is 1.08. The number of carbonyl (C=O) groups is 2. The van der Waals surface area contributed by atoms with Gasteiger partial charge in [-0.3, -0.25) is 9.59 Å². The van der Waals surface area contributed by atoms with E-state index in [9.17, 15) is 9.59 Å². The van der Waals surface area contributed by atoms with E-state index in [1.165, 1.54) is 31.2 Å². The Morgan fingerprint density at radius 2 is 1.25 bits per heavy atom. The number of esters is 2. The standard InChI is InChI=1S/C8H14O4.C6H6O2/c1-4-11-7(9)6(3)8(10)12-5-2;7-5-1-2-6(8)4-3-5/h6H,4-5H2,1-3H3;1-4,7-8H. The van der Waals surface area contributed by atoms with E-state index < -0.39 is 17.9 Å². The van der Waals surface area contributed by atoms with Gasteiger partial charge in [-0.05, 0) is 45.0 Å². The van der Waals surface area contributed by atoms with E-state index >= 15 is 0 Å². The highest BCUT2D eigenvalue weighted by atomic mass is 16.6. The molecular formula is C14H20O6. The van der Waals surface area contributed by atoms with E-state index in [-0.39, 0.29) is 24.7 Å². The second-order valence-corrected chi connectivity index (χ2v) is 3.74. The number of hydrogen-bond acceptors (Lipinski definition) is 6. The van der Waals surface area contributed by atoms with Gasteiger partial charge in [0.25, 0.3) is 0 Å². The molecule has 0 atom stereocenters. The summed E-state index contributed by atoms with van der Waals surface area (Å²) in [6.07, 6.45) is 0. The van der Waals surface area contributed by atoms with E-state index in [0.717, 1.165) is 0 Å². The third-order valence-corrected chi connectivity index (χ3v) is 2.13. The van der Waals surface area contributed by atoms with Crippen LogP contribution in [0, 0.1) is 5.92 Å². The molecule has 0 aliphatic heterocycles. The average Bonchev–Trinajstić information content (AvgIpc) is 2.42.